The molecule has 0 radical (unpaired) electrons. The molecule has 98 valence electrons. The number of hydrogen-bond acceptors (Lipinski definition) is 3. The maximum atomic E-state index is 11.9. The van der Waals surface area contributed by atoms with Crippen LogP contribution in [0, 0.1) is 10.8 Å². The van der Waals surface area contributed by atoms with E-state index in [2.05, 4.69) is 39.6 Å². The van der Waals surface area contributed by atoms with Crippen LogP contribution in [0.4, 0.5) is 4.79 Å². The summed E-state index contributed by atoms with van der Waals surface area (Å²) in [5.74, 6) is 0. The maximum Gasteiger partial charge on any atom is 0.415 e. The van der Waals surface area contributed by atoms with E-state index in [1.807, 2.05) is 0 Å². The zero-order valence-corrected chi connectivity index (χ0v) is 11.9. The van der Waals surface area contributed by atoms with Crippen LogP contribution in [0.1, 0.15) is 34.6 Å². The zero-order valence-electron chi connectivity index (χ0n) is 11.9. The summed E-state index contributed by atoms with van der Waals surface area (Å²) in [5.41, 5.74) is 2.63. The second-order valence-corrected chi connectivity index (χ2v) is 6.23. The Hall–Kier alpha value is -1.32. The quantitative estimate of drug-likeness (QED) is 0.618. The van der Waals surface area contributed by atoms with E-state index in [1.165, 1.54) is 18.3 Å². The Labute approximate surface area is 108 Å². The molecule has 1 aliphatic heterocycles. The standard InChI is InChI=1S/C14H20N2O2/c1-8-9(2)13(4)12(8,3)10-14(13,5)16(7-15-10)11(17)18-6/h7,10H,1-6H3/t10-,12+,13-,14+/m1/s1. The molecule has 0 spiro atoms. The molecule has 3 aliphatic rings. The van der Waals surface area contributed by atoms with Gasteiger partial charge in [-0.15, -0.1) is 0 Å². The van der Waals surface area contributed by atoms with Gasteiger partial charge in [0.1, 0.15) is 0 Å². The monoisotopic (exact) mass is 248 g/mol. The first-order valence-electron chi connectivity index (χ1n) is 6.37. The summed E-state index contributed by atoms with van der Waals surface area (Å²) in [6, 6.07) is 0.151. The average Bonchev–Trinajstić information content (AvgIpc) is 2.71. The van der Waals surface area contributed by atoms with Gasteiger partial charge in [-0.05, 0) is 20.8 Å². The predicted octanol–water partition coefficient (Wildman–Crippen LogP) is 2.60. The number of nitrogens with zero attached hydrogens (tertiary/aromatic N) is 2. The van der Waals surface area contributed by atoms with Gasteiger partial charge in [0.15, 0.2) is 0 Å². The lowest BCUT2D eigenvalue weighted by atomic mass is 9.28. The van der Waals surface area contributed by atoms with Crippen LogP contribution in [0.2, 0.25) is 0 Å². The molecular weight excluding hydrogens is 228 g/mol. The van der Waals surface area contributed by atoms with Crippen molar-refractivity contribution in [3.8, 4) is 0 Å². The number of methoxy groups -OCH3 is 1. The highest BCUT2D eigenvalue weighted by molar-refractivity contribution is 5.88. The first-order chi connectivity index (χ1) is 8.27. The lowest BCUT2D eigenvalue weighted by Gasteiger charge is -2.78. The molecule has 2 aliphatic carbocycles. The van der Waals surface area contributed by atoms with Crippen LogP contribution in [0.5, 0.6) is 0 Å². The van der Waals surface area contributed by atoms with E-state index in [0.29, 0.717) is 0 Å². The zero-order chi connectivity index (χ0) is 13.5. The van der Waals surface area contributed by atoms with Crippen molar-refractivity contribution in [2.45, 2.75) is 46.2 Å². The third-order valence-corrected chi connectivity index (χ3v) is 6.42. The highest BCUT2D eigenvalue weighted by Crippen LogP contribution is 2.79. The topological polar surface area (TPSA) is 41.9 Å². The molecule has 1 heterocycles. The fraction of sp³-hybridized carbons (Fsp3) is 0.714. The van der Waals surface area contributed by atoms with Gasteiger partial charge < -0.3 is 4.74 Å². The smallest absolute Gasteiger partial charge is 0.415 e. The van der Waals surface area contributed by atoms with E-state index < -0.39 is 0 Å². The molecule has 18 heavy (non-hydrogen) atoms. The minimum absolute atomic E-state index is 0.000556. The second-order valence-electron chi connectivity index (χ2n) is 6.23. The molecule has 0 saturated heterocycles. The molecule has 1 saturated carbocycles. The lowest BCUT2D eigenvalue weighted by molar-refractivity contribution is -0.170. The molecule has 0 unspecified atom stereocenters. The van der Waals surface area contributed by atoms with Crippen LogP contribution in [-0.4, -0.2) is 36.0 Å². The van der Waals surface area contributed by atoms with Crippen LogP contribution in [0.15, 0.2) is 16.1 Å². The molecule has 0 aromatic heterocycles. The Bertz CT molecular complexity index is 524. The van der Waals surface area contributed by atoms with Crippen molar-refractivity contribution in [2.75, 3.05) is 7.11 Å². The first-order valence-corrected chi connectivity index (χ1v) is 6.37. The highest BCUT2D eigenvalue weighted by atomic mass is 16.5. The summed E-state index contributed by atoms with van der Waals surface area (Å²) < 4.78 is 4.88. The lowest BCUT2D eigenvalue weighted by Crippen LogP contribution is -2.84. The second kappa shape index (κ2) is 2.81. The van der Waals surface area contributed by atoms with Crippen LogP contribution < -0.4 is 0 Å². The van der Waals surface area contributed by atoms with Crippen molar-refractivity contribution in [3.05, 3.63) is 11.1 Å². The van der Waals surface area contributed by atoms with Gasteiger partial charge >= 0.3 is 6.09 Å². The molecule has 4 heteroatoms. The van der Waals surface area contributed by atoms with Crippen molar-refractivity contribution in [1.82, 2.24) is 4.90 Å². The van der Waals surface area contributed by atoms with Crippen molar-refractivity contribution >= 4 is 12.4 Å². The number of ether oxygens (including phenoxy) is 1. The summed E-state index contributed by atoms with van der Waals surface area (Å²) in [4.78, 5) is 18.2. The van der Waals surface area contributed by atoms with E-state index in [9.17, 15) is 4.79 Å². The largest absolute Gasteiger partial charge is 0.452 e. The highest BCUT2D eigenvalue weighted by Gasteiger charge is 2.83. The van der Waals surface area contributed by atoms with Crippen LogP contribution in [0.25, 0.3) is 0 Å². The summed E-state index contributed by atoms with van der Waals surface area (Å²) >= 11 is 0. The van der Waals surface area contributed by atoms with Gasteiger partial charge in [-0.3, -0.25) is 9.89 Å². The number of rotatable bonds is 0. The van der Waals surface area contributed by atoms with Crippen LogP contribution >= 0.6 is 0 Å². The SMILES string of the molecule is COC(=O)N1C=N[C@@H]2[C@]3(C)C(C)=C(C)[C@@]3(C)[C@]21C. The molecule has 4 nitrogen and oxygen atoms in total. The van der Waals surface area contributed by atoms with Gasteiger partial charge in [0.05, 0.1) is 25.0 Å². The van der Waals surface area contributed by atoms with Gasteiger partial charge in [0, 0.05) is 10.8 Å². The molecule has 0 aromatic rings. The van der Waals surface area contributed by atoms with Gasteiger partial charge in [0.2, 0.25) is 0 Å². The molecule has 4 atom stereocenters. The number of fused-ring (bicyclic) bond motifs is 4. The number of hydrogen-bond donors (Lipinski definition) is 0. The molecule has 1 amide bonds. The molecule has 3 rings (SSSR count). The molecule has 0 aromatic carbocycles. The van der Waals surface area contributed by atoms with E-state index in [-0.39, 0.29) is 28.5 Å². The van der Waals surface area contributed by atoms with Crippen molar-refractivity contribution < 1.29 is 9.53 Å². The molecular formula is C14H20N2O2. The van der Waals surface area contributed by atoms with E-state index in [4.69, 9.17) is 4.74 Å². The van der Waals surface area contributed by atoms with Crippen LogP contribution in [-0.2, 0) is 4.74 Å². The third kappa shape index (κ3) is 0.722. The Morgan fingerprint density at radius 1 is 1.33 bits per heavy atom. The molecule has 1 fully saturated rings. The predicted molar refractivity (Wildman–Crippen MR) is 69.5 cm³/mol. The number of carbonyl (C=O) groups excluding carboxylic acids is 1. The molecule has 0 N–H and O–H groups in total. The summed E-state index contributed by atoms with van der Waals surface area (Å²) in [7, 11) is 1.42. The van der Waals surface area contributed by atoms with Gasteiger partial charge in [-0.1, -0.05) is 25.0 Å². The van der Waals surface area contributed by atoms with E-state index >= 15 is 0 Å². The van der Waals surface area contributed by atoms with Crippen LogP contribution in [0.3, 0.4) is 0 Å². The van der Waals surface area contributed by atoms with E-state index in [0.717, 1.165) is 0 Å². The van der Waals surface area contributed by atoms with Crippen molar-refractivity contribution in [3.63, 3.8) is 0 Å². The first kappa shape index (κ1) is 11.8. The minimum atomic E-state index is -0.315. The average molecular weight is 248 g/mol. The Morgan fingerprint density at radius 2 is 1.94 bits per heavy atom. The fourth-order valence-corrected chi connectivity index (χ4v) is 4.86. The summed E-state index contributed by atoms with van der Waals surface area (Å²) in [6.45, 7) is 11.0. The van der Waals surface area contributed by atoms with E-state index in [1.54, 1.807) is 11.2 Å². The van der Waals surface area contributed by atoms with Crippen molar-refractivity contribution in [2.24, 2.45) is 15.8 Å². The maximum absolute atomic E-state index is 11.9. The van der Waals surface area contributed by atoms with Crippen molar-refractivity contribution in [1.29, 1.82) is 0 Å². The number of carbonyl (C=O) groups is 1. The Morgan fingerprint density at radius 3 is 2.50 bits per heavy atom. The normalized spacial score (nSPS) is 48.3. The van der Waals surface area contributed by atoms with Gasteiger partial charge in [-0.25, -0.2) is 4.79 Å². The fourth-order valence-electron chi connectivity index (χ4n) is 4.86. The Balaban J connectivity index is 2.11. The third-order valence-electron chi connectivity index (χ3n) is 6.42. The summed E-state index contributed by atoms with van der Waals surface area (Å²) in [5, 5.41) is 0. The summed E-state index contributed by atoms with van der Waals surface area (Å²) in [6.07, 6.45) is 1.34. The number of aliphatic imine (C=N–C) groups is 1. The molecule has 0 bridgehead atoms. The Kier molecular flexibility index (Phi) is 1.83. The number of amides is 1. The van der Waals surface area contributed by atoms with Gasteiger partial charge in [0.25, 0.3) is 0 Å². The van der Waals surface area contributed by atoms with Gasteiger partial charge in [-0.2, -0.15) is 0 Å². The minimum Gasteiger partial charge on any atom is -0.452 e.